The van der Waals surface area contributed by atoms with Gasteiger partial charge >= 0.3 is 0 Å². The molecule has 1 amide bonds. The molecule has 0 aromatic rings. The summed E-state index contributed by atoms with van der Waals surface area (Å²) >= 11 is 0. The second kappa shape index (κ2) is 6.01. The Balaban J connectivity index is 0.00000133. The summed E-state index contributed by atoms with van der Waals surface area (Å²) in [7, 11) is 0. The lowest BCUT2D eigenvalue weighted by Crippen LogP contribution is -2.40. The van der Waals surface area contributed by atoms with Crippen LogP contribution >= 0.6 is 12.4 Å². The quantitative estimate of drug-likeness (QED) is 0.819. The number of piperidine rings is 1. The molecule has 19 heavy (non-hydrogen) atoms. The van der Waals surface area contributed by atoms with Gasteiger partial charge in [0.05, 0.1) is 0 Å². The molecule has 1 unspecified atom stereocenters. The van der Waals surface area contributed by atoms with Crippen molar-refractivity contribution in [2.24, 2.45) is 17.3 Å². The van der Waals surface area contributed by atoms with Crippen molar-refractivity contribution in [3.63, 3.8) is 0 Å². The summed E-state index contributed by atoms with van der Waals surface area (Å²) in [5, 5.41) is 6.71. The van der Waals surface area contributed by atoms with Crippen molar-refractivity contribution in [1.29, 1.82) is 0 Å². The first kappa shape index (κ1) is 15.1. The smallest absolute Gasteiger partial charge is 0.223 e. The molecule has 2 N–H and O–H groups in total. The summed E-state index contributed by atoms with van der Waals surface area (Å²) in [4.78, 5) is 12.3. The fourth-order valence-electron chi connectivity index (χ4n) is 3.90. The van der Waals surface area contributed by atoms with Crippen molar-refractivity contribution in [2.75, 3.05) is 13.1 Å². The molecule has 4 heteroatoms. The van der Waals surface area contributed by atoms with Gasteiger partial charge in [0.2, 0.25) is 5.91 Å². The first-order chi connectivity index (χ1) is 8.70. The third kappa shape index (κ3) is 3.25. The molecule has 110 valence electrons. The van der Waals surface area contributed by atoms with Crippen LogP contribution in [0, 0.1) is 17.3 Å². The summed E-state index contributed by atoms with van der Waals surface area (Å²) < 4.78 is 0. The Labute approximate surface area is 122 Å². The van der Waals surface area contributed by atoms with E-state index in [1.165, 1.54) is 38.5 Å². The van der Waals surface area contributed by atoms with Gasteiger partial charge in [0.1, 0.15) is 0 Å². The summed E-state index contributed by atoms with van der Waals surface area (Å²) in [6.45, 7) is 4.53. The van der Waals surface area contributed by atoms with Gasteiger partial charge in [-0.3, -0.25) is 4.79 Å². The van der Waals surface area contributed by atoms with E-state index in [0.29, 0.717) is 23.3 Å². The van der Waals surface area contributed by atoms with Crippen molar-refractivity contribution in [2.45, 2.75) is 57.9 Å². The van der Waals surface area contributed by atoms with E-state index in [4.69, 9.17) is 0 Å². The number of nitrogens with one attached hydrogen (secondary N) is 2. The lowest BCUT2D eigenvalue weighted by molar-refractivity contribution is -0.124. The van der Waals surface area contributed by atoms with Crippen molar-refractivity contribution in [3.8, 4) is 0 Å². The highest BCUT2D eigenvalue weighted by Crippen LogP contribution is 2.58. The van der Waals surface area contributed by atoms with Crippen LogP contribution in [-0.4, -0.2) is 25.0 Å². The Bertz CT molecular complexity index is 320. The Kier molecular flexibility index (Phi) is 4.78. The molecular formula is C15H27ClN2O. The monoisotopic (exact) mass is 286 g/mol. The first-order valence-corrected chi connectivity index (χ1v) is 7.71. The predicted molar refractivity (Wildman–Crippen MR) is 79.5 cm³/mol. The number of rotatable bonds is 2. The lowest BCUT2D eigenvalue weighted by Gasteiger charge is -2.28. The van der Waals surface area contributed by atoms with Gasteiger partial charge in [-0.15, -0.1) is 12.4 Å². The van der Waals surface area contributed by atoms with Crippen molar-refractivity contribution < 1.29 is 4.79 Å². The van der Waals surface area contributed by atoms with Gasteiger partial charge in [0.25, 0.3) is 0 Å². The Hall–Kier alpha value is -0.280. The third-order valence-electron chi connectivity index (χ3n) is 5.47. The standard InChI is InChI=1S/C15H26N2O.ClH/c1-11-2-4-12(5-3-11)17-14(18)13-10-15(13)6-8-16-9-7-15;/h11-13,16H,2-10H2,1H3,(H,17,18);1H. The lowest BCUT2D eigenvalue weighted by atomic mass is 9.87. The van der Waals surface area contributed by atoms with Crippen LogP contribution in [0.1, 0.15) is 51.9 Å². The minimum atomic E-state index is 0. The molecule has 0 bridgehead atoms. The first-order valence-electron chi connectivity index (χ1n) is 7.71. The number of carbonyl (C=O) groups excluding carboxylic acids is 1. The van der Waals surface area contributed by atoms with Gasteiger partial charge in [-0.05, 0) is 69.4 Å². The summed E-state index contributed by atoms with van der Waals surface area (Å²) in [5.41, 5.74) is 0.386. The van der Waals surface area contributed by atoms with Gasteiger partial charge in [0, 0.05) is 12.0 Å². The Morgan fingerprint density at radius 1 is 1.16 bits per heavy atom. The SMILES string of the molecule is CC1CCC(NC(=O)C2CC23CCNCC3)CC1.Cl. The van der Waals surface area contributed by atoms with Crippen molar-refractivity contribution in [1.82, 2.24) is 10.6 Å². The van der Waals surface area contributed by atoms with Crippen molar-refractivity contribution in [3.05, 3.63) is 0 Å². The van der Waals surface area contributed by atoms with E-state index in [1.54, 1.807) is 0 Å². The maximum atomic E-state index is 12.3. The molecule has 0 aromatic heterocycles. The second-order valence-electron chi connectivity index (χ2n) is 6.83. The van der Waals surface area contributed by atoms with Crippen LogP contribution in [0.25, 0.3) is 0 Å². The highest BCUT2D eigenvalue weighted by atomic mass is 35.5. The second-order valence-corrected chi connectivity index (χ2v) is 6.83. The molecule has 3 rings (SSSR count). The minimum absolute atomic E-state index is 0. The predicted octanol–water partition coefficient (Wildman–Crippen LogP) is 2.49. The Morgan fingerprint density at radius 3 is 2.42 bits per heavy atom. The number of carbonyl (C=O) groups is 1. The van der Waals surface area contributed by atoms with Gasteiger partial charge in [-0.2, -0.15) is 0 Å². The number of hydrogen-bond acceptors (Lipinski definition) is 2. The number of amides is 1. The van der Waals surface area contributed by atoms with E-state index in [2.05, 4.69) is 17.6 Å². The average Bonchev–Trinajstić information content (AvgIpc) is 3.07. The molecule has 1 spiro atoms. The highest BCUT2D eigenvalue weighted by molar-refractivity contribution is 5.85. The molecule has 0 radical (unpaired) electrons. The average molecular weight is 287 g/mol. The molecule has 3 fully saturated rings. The van der Waals surface area contributed by atoms with E-state index in [9.17, 15) is 4.79 Å². The van der Waals surface area contributed by atoms with Crippen LogP contribution in [0.4, 0.5) is 0 Å². The van der Waals surface area contributed by atoms with Crippen LogP contribution in [0.3, 0.4) is 0 Å². The zero-order valence-electron chi connectivity index (χ0n) is 11.9. The molecule has 0 aromatic carbocycles. The molecule has 1 saturated heterocycles. The molecule has 3 nitrogen and oxygen atoms in total. The van der Waals surface area contributed by atoms with E-state index in [1.807, 2.05) is 0 Å². The van der Waals surface area contributed by atoms with E-state index in [0.717, 1.165) is 25.4 Å². The van der Waals surface area contributed by atoms with Crippen LogP contribution in [0.2, 0.25) is 0 Å². The minimum Gasteiger partial charge on any atom is -0.353 e. The van der Waals surface area contributed by atoms with Gasteiger partial charge in [-0.1, -0.05) is 6.92 Å². The fourth-order valence-corrected chi connectivity index (χ4v) is 3.90. The Morgan fingerprint density at radius 2 is 1.79 bits per heavy atom. The van der Waals surface area contributed by atoms with E-state index >= 15 is 0 Å². The number of halogens is 1. The van der Waals surface area contributed by atoms with Crippen LogP contribution in [0.5, 0.6) is 0 Å². The van der Waals surface area contributed by atoms with E-state index < -0.39 is 0 Å². The van der Waals surface area contributed by atoms with Crippen LogP contribution < -0.4 is 10.6 Å². The van der Waals surface area contributed by atoms with Crippen molar-refractivity contribution >= 4 is 18.3 Å². The zero-order valence-corrected chi connectivity index (χ0v) is 12.7. The normalized spacial score (nSPS) is 36.4. The van der Waals surface area contributed by atoms with Gasteiger partial charge < -0.3 is 10.6 Å². The molecule has 3 aliphatic rings. The summed E-state index contributed by atoms with van der Waals surface area (Å²) in [5.74, 6) is 1.55. The van der Waals surface area contributed by atoms with Gasteiger partial charge in [-0.25, -0.2) is 0 Å². The molecule has 2 saturated carbocycles. The van der Waals surface area contributed by atoms with E-state index in [-0.39, 0.29) is 12.4 Å². The van der Waals surface area contributed by atoms with Crippen LogP contribution in [-0.2, 0) is 4.79 Å². The number of hydrogen-bond donors (Lipinski definition) is 2. The topological polar surface area (TPSA) is 41.1 Å². The summed E-state index contributed by atoms with van der Waals surface area (Å²) in [6.07, 6.45) is 8.49. The molecule has 1 atom stereocenters. The zero-order chi connectivity index (χ0) is 12.6. The maximum absolute atomic E-state index is 12.3. The molecule has 1 aliphatic heterocycles. The molecule has 2 aliphatic carbocycles. The maximum Gasteiger partial charge on any atom is 0.223 e. The highest BCUT2D eigenvalue weighted by Gasteiger charge is 2.57. The summed E-state index contributed by atoms with van der Waals surface area (Å²) in [6, 6.07) is 0.466. The van der Waals surface area contributed by atoms with Gasteiger partial charge in [0.15, 0.2) is 0 Å². The molecule has 1 heterocycles. The third-order valence-corrected chi connectivity index (χ3v) is 5.47. The van der Waals surface area contributed by atoms with Crippen LogP contribution in [0.15, 0.2) is 0 Å². The molecular weight excluding hydrogens is 260 g/mol. The fraction of sp³-hybridized carbons (Fsp3) is 0.933. The largest absolute Gasteiger partial charge is 0.353 e.